The van der Waals surface area contributed by atoms with Gasteiger partial charge in [0.25, 0.3) is 5.91 Å². The van der Waals surface area contributed by atoms with Crippen LogP contribution >= 0.6 is 0 Å². The van der Waals surface area contributed by atoms with Crippen LogP contribution in [0.1, 0.15) is 29.8 Å². The summed E-state index contributed by atoms with van der Waals surface area (Å²) in [6.07, 6.45) is 4.01. The van der Waals surface area contributed by atoms with E-state index in [1.54, 1.807) is 12.3 Å². The number of carbonyl (C=O) groups excluding carboxylic acids is 2. The summed E-state index contributed by atoms with van der Waals surface area (Å²) >= 11 is 0. The molecule has 1 saturated heterocycles. The first-order valence-corrected chi connectivity index (χ1v) is 7.10. The highest BCUT2D eigenvalue weighted by atomic mass is 16.2. The summed E-state index contributed by atoms with van der Waals surface area (Å²) in [5, 5.41) is 10.3. The summed E-state index contributed by atoms with van der Waals surface area (Å²) in [5.74, 6) is 0.00642. The van der Waals surface area contributed by atoms with E-state index in [-0.39, 0.29) is 11.8 Å². The fraction of sp³-hybridized carbons (Fsp3) is 0.429. The topological polar surface area (TPSA) is 91.0 Å². The van der Waals surface area contributed by atoms with E-state index in [1.165, 1.54) is 0 Å². The van der Waals surface area contributed by atoms with Crippen molar-refractivity contribution < 1.29 is 9.59 Å². The maximum atomic E-state index is 12.0. The number of hydrogen-bond donors (Lipinski definition) is 2. The predicted octanol–water partition coefficient (Wildman–Crippen LogP) is 0.700. The van der Waals surface area contributed by atoms with Crippen LogP contribution in [0.15, 0.2) is 18.3 Å². The lowest BCUT2D eigenvalue weighted by Crippen LogP contribution is -2.31. The molecule has 0 atom stereocenters. The maximum Gasteiger partial charge on any atom is 0.269 e. The molecule has 1 aliphatic rings. The molecule has 1 fully saturated rings. The van der Waals surface area contributed by atoms with Crippen LogP contribution in [0.3, 0.4) is 0 Å². The summed E-state index contributed by atoms with van der Waals surface area (Å²) in [4.78, 5) is 29.5. The summed E-state index contributed by atoms with van der Waals surface area (Å²) < 4.78 is 0. The maximum absolute atomic E-state index is 12.0. The number of carbonyl (C=O) groups is 2. The highest BCUT2D eigenvalue weighted by Gasteiger charge is 2.19. The Balaban J connectivity index is 1.48. The predicted molar refractivity (Wildman–Crippen MR) is 76.7 cm³/mol. The Morgan fingerprint density at radius 2 is 2.33 bits per heavy atom. The highest BCUT2D eigenvalue weighted by Crippen LogP contribution is 2.10. The molecule has 0 radical (unpaired) electrons. The second kappa shape index (κ2) is 5.90. The van der Waals surface area contributed by atoms with E-state index < -0.39 is 0 Å². The SMILES string of the molecule is O=C(NCCCN1CCCC1=O)c1ccc2cn[nH]c2n1. The number of amides is 2. The molecule has 0 unspecified atom stereocenters. The number of H-pyrrole nitrogens is 1. The van der Waals surface area contributed by atoms with E-state index in [9.17, 15) is 9.59 Å². The Labute approximate surface area is 121 Å². The Bertz CT molecular complexity index is 666. The smallest absolute Gasteiger partial charge is 0.269 e. The number of aromatic amines is 1. The number of fused-ring (bicyclic) bond motifs is 1. The van der Waals surface area contributed by atoms with E-state index in [1.807, 2.05) is 11.0 Å². The third-order valence-corrected chi connectivity index (χ3v) is 3.59. The molecular weight excluding hydrogens is 270 g/mol. The van der Waals surface area contributed by atoms with Crippen LogP contribution in [0.5, 0.6) is 0 Å². The lowest BCUT2D eigenvalue weighted by molar-refractivity contribution is -0.127. The van der Waals surface area contributed by atoms with Gasteiger partial charge in [0.2, 0.25) is 5.91 Å². The molecule has 3 rings (SSSR count). The van der Waals surface area contributed by atoms with Gasteiger partial charge in [-0.25, -0.2) is 4.98 Å². The molecule has 21 heavy (non-hydrogen) atoms. The zero-order valence-electron chi connectivity index (χ0n) is 11.6. The fourth-order valence-electron chi connectivity index (χ4n) is 2.46. The highest BCUT2D eigenvalue weighted by molar-refractivity contribution is 5.94. The largest absolute Gasteiger partial charge is 0.351 e. The van der Waals surface area contributed by atoms with Crippen molar-refractivity contribution in [1.29, 1.82) is 0 Å². The summed E-state index contributed by atoms with van der Waals surface area (Å²) in [6.45, 7) is 2.07. The van der Waals surface area contributed by atoms with Crippen molar-refractivity contribution in [2.45, 2.75) is 19.3 Å². The average molecular weight is 287 g/mol. The number of pyridine rings is 1. The number of nitrogens with one attached hydrogen (secondary N) is 2. The number of likely N-dealkylation sites (tertiary alicyclic amines) is 1. The van der Waals surface area contributed by atoms with Crippen molar-refractivity contribution in [2.24, 2.45) is 0 Å². The van der Waals surface area contributed by atoms with Gasteiger partial charge in [0.15, 0.2) is 5.65 Å². The number of rotatable bonds is 5. The van der Waals surface area contributed by atoms with Gasteiger partial charge in [-0.15, -0.1) is 0 Å². The van der Waals surface area contributed by atoms with Crippen molar-refractivity contribution in [2.75, 3.05) is 19.6 Å². The van der Waals surface area contributed by atoms with Gasteiger partial charge in [0.1, 0.15) is 5.69 Å². The molecule has 0 saturated carbocycles. The molecule has 0 spiro atoms. The first-order chi connectivity index (χ1) is 10.2. The third-order valence-electron chi connectivity index (χ3n) is 3.59. The van der Waals surface area contributed by atoms with Crippen LogP contribution in [-0.4, -0.2) is 51.5 Å². The minimum Gasteiger partial charge on any atom is -0.351 e. The van der Waals surface area contributed by atoms with E-state index in [0.29, 0.717) is 30.9 Å². The van der Waals surface area contributed by atoms with Gasteiger partial charge < -0.3 is 10.2 Å². The standard InChI is InChI=1S/C14H17N5O2/c20-12-3-1-7-19(12)8-2-6-15-14(21)11-5-4-10-9-16-18-13(10)17-11/h4-5,9H,1-3,6-8H2,(H,15,21)(H,16,17,18). The molecule has 0 aliphatic carbocycles. The van der Waals surface area contributed by atoms with Gasteiger partial charge in [0.05, 0.1) is 6.20 Å². The minimum absolute atomic E-state index is 0.209. The second-order valence-electron chi connectivity index (χ2n) is 5.10. The Morgan fingerprint density at radius 1 is 1.43 bits per heavy atom. The molecule has 0 aromatic carbocycles. The van der Waals surface area contributed by atoms with Gasteiger partial charge >= 0.3 is 0 Å². The summed E-state index contributed by atoms with van der Waals surface area (Å²) in [6, 6.07) is 3.49. The molecule has 2 amide bonds. The molecule has 7 heteroatoms. The summed E-state index contributed by atoms with van der Waals surface area (Å²) in [5.41, 5.74) is 0.967. The van der Waals surface area contributed by atoms with Gasteiger partial charge in [-0.2, -0.15) is 5.10 Å². The van der Waals surface area contributed by atoms with Gasteiger partial charge in [-0.1, -0.05) is 0 Å². The van der Waals surface area contributed by atoms with Crippen LogP contribution in [0.4, 0.5) is 0 Å². The molecule has 0 bridgehead atoms. The van der Waals surface area contributed by atoms with E-state index in [4.69, 9.17) is 0 Å². The van der Waals surface area contributed by atoms with E-state index in [2.05, 4.69) is 20.5 Å². The normalized spacial score (nSPS) is 14.9. The molecule has 2 aromatic rings. The average Bonchev–Trinajstić information content (AvgIpc) is 3.11. The van der Waals surface area contributed by atoms with E-state index in [0.717, 1.165) is 24.8 Å². The number of hydrogen-bond acceptors (Lipinski definition) is 4. The van der Waals surface area contributed by atoms with Gasteiger partial charge in [-0.3, -0.25) is 14.7 Å². The van der Waals surface area contributed by atoms with Crippen molar-refractivity contribution in [3.63, 3.8) is 0 Å². The second-order valence-corrected chi connectivity index (χ2v) is 5.10. The summed E-state index contributed by atoms with van der Waals surface area (Å²) in [7, 11) is 0. The molecule has 2 N–H and O–H groups in total. The molecule has 3 heterocycles. The molecule has 2 aromatic heterocycles. The first kappa shape index (κ1) is 13.5. The number of nitrogens with zero attached hydrogens (tertiary/aromatic N) is 3. The molecular formula is C14H17N5O2. The quantitative estimate of drug-likeness (QED) is 0.792. The number of aromatic nitrogens is 3. The fourth-order valence-corrected chi connectivity index (χ4v) is 2.46. The van der Waals surface area contributed by atoms with Crippen LogP contribution in [0.2, 0.25) is 0 Å². The molecule has 7 nitrogen and oxygen atoms in total. The Morgan fingerprint density at radius 3 is 3.14 bits per heavy atom. The molecule has 110 valence electrons. The van der Waals surface area contributed by atoms with E-state index >= 15 is 0 Å². The lowest BCUT2D eigenvalue weighted by atomic mass is 10.3. The van der Waals surface area contributed by atoms with Crippen LogP contribution in [0.25, 0.3) is 11.0 Å². The van der Waals surface area contributed by atoms with Crippen LogP contribution < -0.4 is 5.32 Å². The third kappa shape index (κ3) is 3.01. The lowest BCUT2D eigenvalue weighted by Gasteiger charge is -2.15. The monoisotopic (exact) mass is 287 g/mol. The van der Waals surface area contributed by atoms with Crippen LogP contribution in [-0.2, 0) is 4.79 Å². The van der Waals surface area contributed by atoms with Crippen molar-refractivity contribution >= 4 is 22.8 Å². The zero-order valence-corrected chi connectivity index (χ0v) is 11.6. The Hall–Kier alpha value is -2.44. The first-order valence-electron chi connectivity index (χ1n) is 7.10. The van der Waals surface area contributed by atoms with Crippen LogP contribution in [0, 0.1) is 0 Å². The molecule has 1 aliphatic heterocycles. The van der Waals surface area contributed by atoms with Crippen molar-refractivity contribution in [1.82, 2.24) is 25.4 Å². The van der Waals surface area contributed by atoms with Gasteiger partial charge in [0, 0.05) is 31.4 Å². The van der Waals surface area contributed by atoms with Crippen molar-refractivity contribution in [3.8, 4) is 0 Å². The van der Waals surface area contributed by atoms with Gasteiger partial charge in [-0.05, 0) is 25.0 Å². The Kier molecular flexibility index (Phi) is 3.81. The van der Waals surface area contributed by atoms with Crippen molar-refractivity contribution in [3.05, 3.63) is 24.0 Å². The zero-order chi connectivity index (χ0) is 14.7. The minimum atomic E-state index is -0.209.